The molecule has 0 heterocycles. The Morgan fingerprint density at radius 1 is 0.696 bits per heavy atom. The van der Waals surface area contributed by atoms with Crippen LogP contribution in [-0.4, -0.2) is 17.5 Å². The van der Waals surface area contributed by atoms with Gasteiger partial charge in [-0.25, -0.2) is 0 Å². The molecule has 0 saturated heterocycles. The van der Waals surface area contributed by atoms with Gasteiger partial charge in [0.2, 0.25) is 0 Å². The number of Topliss-reactive ketones (excluding diaryl/α,β-unsaturated/α-hetero) is 1. The minimum Gasteiger partial charge on any atom is -0.396 e. The van der Waals surface area contributed by atoms with Crippen LogP contribution in [0.5, 0.6) is 0 Å². The van der Waals surface area contributed by atoms with Gasteiger partial charge in [-0.1, -0.05) is 41.9 Å². The molecule has 0 aromatic carbocycles. The van der Waals surface area contributed by atoms with Crippen LogP contribution >= 0.6 is 0 Å². The van der Waals surface area contributed by atoms with Gasteiger partial charge in [-0.05, 0) is 26.2 Å². The summed E-state index contributed by atoms with van der Waals surface area (Å²) in [4.78, 5) is 10.7. The highest BCUT2D eigenvalue weighted by Crippen LogP contribution is 1.97. The van der Waals surface area contributed by atoms with Gasteiger partial charge in [0.1, 0.15) is 5.78 Å². The largest absolute Gasteiger partial charge is 0.396 e. The third-order valence-electron chi connectivity index (χ3n) is 2.82. The van der Waals surface area contributed by atoms with Crippen LogP contribution in [0.3, 0.4) is 0 Å². The van der Waals surface area contributed by atoms with Gasteiger partial charge in [-0.15, -0.1) is 11.8 Å². The van der Waals surface area contributed by atoms with Crippen molar-refractivity contribution < 1.29 is 9.90 Å². The molecule has 122 valence electrons. The molecule has 1 N–H and O–H groups in total. The van der Waals surface area contributed by atoms with E-state index in [1.807, 2.05) is 0 Å². The van der Waals surface area contributed by atoms with Crippen molar-refractivity contribution in [2.45, 2.75) is 71.1 Å². The smallest absolute Gasteiger partial charge is 0.129 e. The van der Waals surface area contributed by atoms with Gasteiger partial charge in [0.05, 0.1) is 19.3 Å². The Balaban J connectivity index is 3.57. The first-order valence-corrected chi connectivity index (χ1v) is 8.20. The van der Waals surface area contributed by atoms with Gasteiger partial charge in [-0.2, -0.15) is 0 Å². The number of ketones is 1. The van der Waals surface area contributed by atoms with E-state index in [9.17, 15) is 4.79 Å². The molecule has 0 aliphatic rings. The van der Waals surface area contributed by atoms with Crippen molar-refractivity contribution in [2.75, 3.05) is 6.61 Å². The third-order valence-corrected chi connectivity index (χ3v) is 2.82. The van der Waals surface area contributed by atoms with E-state index in [0.717, 1.165) is 38.5 Å². The molecule has 0 radical (unpaired) electrons. The second-order valence-electron chi connectivity index (χ2n) is 5.03. The first-order valence-electron chi connectivity index (χ1n) is 8.20. The van der Waals surface area contributed by atoms with Gasteiger partial charge in [-0.3, -0.25) is 0 Å². The molecule has 23 heavy (non-hydrogen) atoms. The van der Waals surface area contributed by atoms with Crippen molar-refractivity contribution in [3.05, 3.63) is 0 Å². The number of carbonyl (C=O) groups excluding carboxylic acids is 1. The fraction of sp³-hybridized carbons (Fsp3) is 0.571. The third kappa shape index (κ3) is 19.9. The number of rotatable bonds is 7. The zero-order chi connectivity index (χ0) is 17.0. The lowest BCUT2D eigenvalue weighted by molar-refractivity contribution is -0.117. The van der Waals surface area contributed by atoms with E-state index in [-0.39, 0.29) is 12.4 Å². The standard InChI is InChI=1S/C21H26O2/c1-21(23)19-17-15-13-11-9-7-5-3-2-4-6-8-10-12-14-16-18-20-22/h22H,3,6,9,12,14-20H2,1H3. The molecule has 0 aliphatic carbocycles. The Hall–Kier alpha value is -2.13. The lowest BCUT2D eigenvalue weighted by Gasteiger charge is -1.90. The van der Waals surface area contributed by atoms with Crippen molar-refractivity contribution in [2.24, 2.45) is 0 Å². The minimum atomic E-state index is 0.219. The van der Waals surface area contributed by atoms with Crippen LogP contribution in [0.15, 0.2) is 0 Å². The lowest BCUT2D eigenvalue weighted by atomic mass is 10.2. The molecule has 2 nitrogen and oxygen atoms in total. The van der Waals surface area contributed by atoms with Crippen molar-refractivity contribution in [3.8, 4) is 47.4 Å². The molecule has 0 saturated carbocycles. The predicted molar refractivity (Wildman–Crippen MR) is 95.0 cm³/mol. The number of hydrogen-bond donors (Lipinski definition) is 1. The molecular weight excluding hydrogens is 284 g/mol. The summed E-state index contributed by atoms with van der Waals surface area (Å²) in [7, 11) is 0. The minimum absolute atomic E-state index is 0.219. The molecule has 0 unspecified atom stereocenters. The molecule has 0 rings (SSSR count). The van der Waals surface area contributed by atoms with Crippen molar-refractivity contribution in [3.63, 3.8) is 0 Å². The zero-order valence-corrected chi connectivity index (χ0v) is 14.1. The summed E-state index contributed by atoms with van der Waals surface area (Å²) in [5.74, 6) is 24.2. The highest BCUT2D eigenvalue weighted by molar-refractivity contribution is 5.75. The second kappa shape index (κ2) is 17.9. The summed E-state index contributed by atoms with van der Waals surface area (Å²) in [5.41, 5.74) is 0. The normalized spacial score (nSPS) is 8.26. The molecule has 0 bridgehead atoms. The van der Waals surface area contributed by atoms with E-state index in [4.69, 9.17) is 5.11 Å². The molecule has 0 fully saturated rings. The van der Waals surface area contributed by atoms with Crippen LogP contribution in [0.25, 0.3) is 0 Å². The number of carbonyl (C=O) groups is 1. The van der Waals surface area contributed by atoms with E-state index in [2.05, 4.69) is 47.4 Å². The lowest BCUT2D eigenvalue weighted by Crippen LogP contribution is -1.87. The van der Waals surface area contributed by atoms with Crippen molar-refractivity contribution in [1.29, 1.82) is 0 Å². The molecule has 2 heteroatoms. The van der Waals surface area contributed by atoms with Crippen LogP contribution < -0.4 is 0 Å². The van der Waals surface area contributed by atoms with Gasteiger partial charge >= 0.3 is 0 Å². The second-order valence-corrected chi connectivity index (χ2v) is 5.03. The zero-order valence-electron chi connectivity index (χ0n) is 14.1. The van der Waals surface area contributed by atoms with Gasteiger partial charge < -0.3 is 9.90 Å². The summed E-state index contributed by atoms with van der Waals surface area (Å²) >= 11 is 0. The fourth-order valence-electron chi connectivity index (χ4n) is 1.61. The summed E-state index contributed by atoms with van der Waals surface area (Å²) < 4.78 is 0. The Morgan fingerprint density at radius 3 is 1.65 bits per heavy atom. The Labute approximate surface area is 141 Å². The van der Waals surface area contributed by atoms with Crippen molar-refractivity contribution >= 4 is 5.78 Å². The highest BCUT2D eigenvalue weighted by atomic mass is 16.2. The molecular formula is C21H26O2. The first kappa shape index (κ1) is 20.9. The van der Waals surface area contributed by atoms with Gasteiger partial charge in [0.25, 0.3) is 0 Å². The Bertz CT molecular complexity index is 556. The molecule has 0 amide bonds. The van der Waals surface area contributed by atoms with Crippen molar-refractivity contribution in [1.82, 2.24) is 0 Å². The topological polar surface area (TPSA) is 37.3 Å². The molecule has 0 spiro atoms. The maximum absolute atomic E-state index is 10.7. The molecule has 0 atom stereocenters. The monoisotopic (exact) mass is 310 g/mol. The van der Waals surface area contributed by atoms with E-state index in [1.165, 1.54) is 0 Å². The van der Waals surface area contributed by atoms with E-state index < -0.39 is 0 Å². The van der Waals surface area contributed by atoms with Crippen LogP contribution in [0.1, 0.15) is 71.1 Å². The molecule has 0 aliphatic heterocycles. The Morgan fingerprint density at radius 2 is 1.17 bits per heavy atom. The van der Waals surface area contributed by atoms with E-state index >= 15 is 0 Å². The summed E-state index contributed by atoms with van der Waals surface area (Å²) in [6.07, 6.45) is 7.76. The fourth-order valence-corrected chi connectivity index (χ4v) is 1.61. The van der Waals surface area contributed by atoms with E-state index in [0.29, 0.717) is 25.7 Å². The van der Waals surface area contributed by atoms with Crippen LogP contribution in [-0.2, 0) is 4.79 Å². The van der Waals surface area contributed by atoms with Gasteiger partial charge in [0, 0.05) is 25.9 Å². The molecule has 0 aromatic heterocycles. The SMILES string of the molecule is CC(=O)CCCC#CCC#CCC#CCC#CCCCCCO. The summed E-state index contributed by atoms with van der Waals surface area (Å²) in [6, 6.07) is 0. The first-order chi connectivity index (χ1) is 11.3. The maximum Gasteiger partial charge on any atom is 0.129 e. The maximum atomic E-state index is 10.7. The molecule has 0 aromatic rings. The summed E-state index contributed by atoms with van der Waals surface area (Å²) in [6.45, 7) is 1.87. The predicted octanol–water partition coefficient (Wildman–Crippen LogP) is 3.48. The average molecular weight is 310 g/mol. The number of unbranched alkanes of at least 4 members (excludes halogenated alkanes) is 4. The van der Waals surface area contributed by atoms with E-state index in [1.54, 1.807) is 6.92 Å². The Kier molecular flexibility index (Phi) is 16.3. The van der Waals surface area contributed by atoms with Crippen LogP contribution in [0, 0.1) is 47.4 Å². The van der Waals surface area contributed by atoms with Crippen LogP contribution in [0.4, 0.5) is 0 Å². The number of hydrogen-bond acceptors (Lipinski definition) is 2. The van der Waals surface area contributed by atoms with Crippen LogP contribution in [0.2, 0.25) is 0 Å². The quantitative estimate of drug-likeness (QED) is 0.577. The van der Waals surface area contributed by atoms with Gasteiger partial charge in [0.15, 0.2) is 0 Å². The average Bonchev–Trinajstić information content (AvgIpc) is 2.53. The highest BCUT2D eigenvalue weighted by Gasteiger charge is 1.89. The number of aliphatic hydroxyl groups is 1. The summed E-state index contributed by atoms with van der Waals surface area (Å²) in [5, 5.41) is 8.63. The number of aliphatic hydroxyl groups excluding tert-OH is 1.